The number of pyridine rings is 2. The van der Waals surface area contributed by atoms with Gasteiger partial charge in [-0.1, -0.05) is 24.3 Å². The van der Waals surface area contributed by atoms with E-state index in [1.807, 2.05) is 79.9 Å². The number of hydrogen-bond donors (Lipinski definition) is 1. The summed E-state index contributed by atoms with van der Waals surface area (Å²) in [5.74, 6) is 1.67. The number of nitrogens with zero attached hydrogens (tertiary/aromatic N) is 5. The highest BCUT2D eigenvalue weighted by Crippen LogP contribution is 2.34. The fourth-order valence-electron chi connectivity index (χ4n) is 3.68. The van der Waals surface area contributed by atoms with Gasteiger partial charge in [0.25, 0.3) is 0 Å². The second-order valence-electron chi connectivity index (χ2n) is 7.78. The monoisotopic (exact) mass is 425 g/mol. The Labute approximate surface area is 185 Å². The number of fused-ring (bicyclic) bond motifs is 1. The number of aliphatic hydroxyl groups is 1. The Morgan fingerprint density at radius 2 is 1.69 bits per heavy atom. The number of aliphatic hydroxyl groups excluding tert-OH is 1. The van der Waals surface area contributed by atoms with E-state index >= 15 is 0 Å². The first-order chi connectivity index (χ1) is 15.6. The van der Waals surface area contributed by atoms with Gasteiger partial charge in [0.05, 0.1) is 19.3 Å². The zero-order valence-electron chi connectivity index (χ0n) is 17.9. The molecule has 160 valence electrons. The maximum absolute atomic E-state index is 9.07. The molecule has 5 aromatic rings. The molecule has 0 radical (unpaired) electrons. The van der Waals surface area contributed by atoms with Gasteiger partial charge in [-0.15, -0.1) is 0 Å². The Morgan fingerprint density at radius 1 is 0.906 bits per heavy atom. The highest BCUT2D eigenvalue weighted by Gasteiger charge is 2.13. The van der Waals surface area contributed by atoms with Crippen LogP contribution < -0.4 is 4.90 Å². The molecule has 5 rings (SSSR count). The molecule has 0 saturated carbocycles. The SMILES string of the molecule is CN(C)c1ccc(-c2ccnc3cc(-c4ccc(-c5cnn(CCO)c5)cc4)oc23)cn1. The van der Waals surface area contributed by atoms with Gasteiger partial charge in [0, 0.05) is 61.0 Å². The van der Waals surface area contributed by atoms with Gasteiger partial charge in [0.2, 0.25) is 0 Å². The Balaban J connectivity index is 1.46. The van der Waals surface area contributed by atoms with E-state index in [1.165, 1.54) is 0 Å². The van der Waals surface area contributed by atoms with Crippen molar-refractivity contribution in [1.82, 2.24) is 19.7 Å². The predicted octanol–water partition coefficient (Wildman–Crippen LogP) is 4.48. The van der Waals surface area contributed by atoms with Crippen LogP contribution in [0, 0.1) is 0 Å². The van der Waals surface area contributed by atoms with E-state index < -0.39 is 0 Å². The van der Waals surface area contributed by atoms with Crippen LogP contribution in [0.1, 0.15) is 0 Å². The lowest BCUT2D eigenvalue weighted by atomic mass is 10.1. The quantitative estimate of drug-likeness (QED) is 0.432. The highest BCUT2D eigenvalue weighted by molar-refractivity contribution is 5.92. The number of furan rings is 1. The van der Waals surface area contributed by atoms with Gasteiger partial charge in [-0.2, -0.15) is 5.10 Å². The van der Waals surface area contributed by atoms with Gasteiger partial charge in [-0.3, -0.25) is 9.67 Å². The summed E-state index contributed by atoms with van der Waals surface area (Å²) in [6.07, 6.45) is 7.39. The first-order valence-corrected chi connectivity index (χ1v) is 10.4. The van der Waals surface area contributed by atoms with E-state index in [-0.39, 0.29) is 6.61 Å². The lowest BCUT2D eigenvalue weighted by molar-refractivity contribution is 0.269. The Hall–Kier alpha value is -3.97. The molecule has 0 atom stereocenters. The second-order valence-corrected chi connectivity index (χ2v) is 7.78. The van der Waals surface area contributed by atoms with Crippen LogP contribution in [-0.4, -0.2) is 45.6 Å². The number of anilines is 1. The van der Waals surface area contributed by atoms with E-state index in [9.17, 15) is 0 Å². The second kappa shape index (κ2) is 8.28. The summed E-state index contributed by atoms with van der Waals surface area (Å²) in [6.45, 7) is 0.553. The third kappa shape index (κ3) is 3.74. The average molecular weight is 425 g/mol. The first-order valence-electron chi connectivity index (χ1n) is 10.4. The summed E-state index contributed by atoms with van der Waals surface area (Å²) in [5, 5.41) is 13.3. The fourth-order valence-corrected chi connectivity index (χ4v) is 3.68. The van der Waals surface area contributed by atoms with Crippen LogP contribution in [0.15, 0.2) is 77.7 Å². The van der Waals surface area contributed by atoms with Crippen molar-refractivity contribution in [2.45, 2.75) is 6.54 Å². The molecule has 0 amide bonds. The minimum atomic E-state index is 0.0675. The van der Waals surface area contributed by atoms with Crippen molar-refractivity contribution in [2.24, 2.45) is 0 Å². The zero-order chi connectivity index (χ0) is 22.1. The maximum Gasteiger partial charge on any atom is 0.161 e. The van der Waals surface area contributed by atoms with Gasteiger partial charge < -0.3 is 14.4 Å². The topological polar surface area (TPSA) is 80.2 Å². The summed E-state index contributed by atoms with van der Waals surface area (Å²) in [6, 6.07) is 16.1. The summed E-state index contributed by atoms with van der Waals surface area (Å²) in [7, 11) is 3.94. The van der Waals surface area contributed by atoms with Crippen LogP contribution in [0.2, 0.25) is 0 Å². The molecule has 7 heteroatoms. The van der Waals surface area contributed by atoms with Crippen LogP contribution in [0.4, 0.5) is 5.82 Å². The molecule has 1 aromatic carbocycles. The summed E-state index contributed by atoms with van der Waals surface area (Å²) >= 11 is 0. The third-order valence-corrected chi connectivity index (χ3v) is 5.39. The number of rotatable bonds is 6. The molecule has 0 bridgehead atoms. The molecule has 4 heterocycles. The average Bonchev–Trinajstić information content (AvgIpc) is 3.47. The molecule has 0 aliphatic carbocycles. The Bertz CT molecular complexity index is 1350. The molecule has 0 aliphatic rings. The molecular weight excluding hydrogens is 402 g/mol. The first kappa shape index (κ1) is 20.0. The van der Waals surface area contributed by atoms with Crippen molar-refractivity contribution in [3.05, 3.63) is 73.3 Å². The number of benzene rings is 1. The van der Waals surface area contributed by atoms with Crippen molar-refractivity contribution in [2.75, 3.05) is 25.6 Å². The molecule has 0 unspecified atom stereocenters. The van der Waals surface area contributed by atoms with Crippen molar-refractivity contribution in [1.29, 1.82) is 0 Å². The lowest BCUT2D eigenvalue weighted by Gasteiger charge is -2.11. The third-order valence-electron chi connectivity index (χ3n) is 5.39. The van der Waals surface area contributed by atoms with Crippen molar-refractivity contribution < 1.29 is 9.52 Å². The van der Waals surface area contributed by atoms with Crippen LogP contribution in [-0.2, 0) is 6.54 Å². The molecule has 0 fully saturated rings. The van der Waals surface area contributed by atoms with E-state index in [4.69, 9.17) is 9.52 Å². The van der Waals surface area contributed by atoms with E-state index in [2.05, 4.69) is 15.1 Å². The summed E-state index contributed by atoms with van der Waals surface area (Å²) in [5.41, 5.74) is 6.54. The fraction of sp³-hybridized carbons (Fsp3) is 0.160. The Morgan fingerprint density at radius 3 is 2.41 bits per heavy atom. The molecule has 0 spiro atoms. The van der Waals surface area contributed by atoms with Crippen LogP contribution in [0.25, 0.3) is 44.7 Å². The van der Waals surface area contributed by atoms with Crippen molar-refractivity contribution in [3.63, 3.8) is 0 Å². The molecule has 0 saturated heterocycles. The summed E-state index contributed by atoms with van der Waals surface area (Å²) < 4.78 is 7.99. The van der Waals surface area contributed by atoms with Crippen LogP contribution in [0.3, 0.4) is 0 Å². The largest absolute Gasteiger partial charge is 0.454 e. The molecule has 7 nitrogen and oxygen atoms in total. The lowest BCUT2D eigenvalue weighted by Crippen LogP contribution is -2.09. The highest BCUT2D eigenvalue weighted by atomic mass is 16.3. The number of hydrogen-bond acceptors (Lipinski definition) is 6. The molecule has 1 N–H and O–H groups in total. The van der Waals surface area contributed by atoms with E-state index in [0.29, 0.717) is 6.54 Å². The van der Waals surface area contributed by atoms with Gasteiger partial charge in [0.15, 0.2) is 5.58 Å². The van der Waals surface area contributed by atoms with Gasteiger partial charge in [0.1, 0.15) is 17.1 Å². The standard InChI is InChI=1S/C25H23N5O2/c1-29(2)24-8-7-19(14-27-24)21-9-10-26-22-13-23(32-25(21)22)18-5-3-17(4-6-18)20-15-28-30(16-20)11-12-31/h3-10,13-16,31H,11-12H2,1-2H3. The molecule has 4 aromatic heterocycles. The maximum atomic E-state index is 9.07. The predicted molar refractivity (Wildman–Crippen MR) is 125 cm³/mol. The van der Waals surface area contributed by atoms with Crippen LogP contribution >= 0.6 is 0 Å². The van der Waals surface area contributed by atoms with E-state index in [1.54, 1.807) is 17.1 Å². The van der Waals surface area contributed by atoms with Gasteiger partial charge in [-0.25, -0.2) is 4.98 Å². The smallest absolute Gasteiger partial charge is 0.161 e. The Kier molecular flexibility index (Phi) is 5.17. The zero-order valence-corrected chi connectivity index (χ0v) is 17.9. The minimum absolute atomic E-state index is 0.0675. The van der Waals surface area contributed by atoms with Crippen LogP contribution in [0.5, 0.6) is 0 Å². The van der Waals surface area contributed by atoms with Gasteiger partial charge in [-0.05, 0) is 23.8 Å². The number of aromatic nitrogens is 4. The molecule has 0 aliphatic heterocycles. The van der Waals surface area contributed by atoms with Gasteiger partial charge >= 0.3 is 0 Å². The summed E-state index contributed by atoms with van der Waals surface area (Å²) in [4.78, 5) is 11.0. The van der Waals surface area contributed by atoms with Crippen molar-refractivity contribution >= 4 is 16.9 Å². The van der Waals surface area contributed by atoms with E-state index in [0.717, 1.165) is 50.5 Å². The molecular formula is C25H23N5O2. The molecule has 32 heavy (non-hydrogen) atoms. The van der Waals surface area contributed by atoms with Crippen molar-refractivity contribution in [3.8, 4) is 33.6 Å². The minimum Gasteiger partial charge on any atom is -0.454 e. The normalized spacial score (nSPS) is 11.2.